The molecule has 6 nitrogen and oxygen atoms in total. The summed E-state index contributed by atoms with van der Waals surface area (Å²) in [6, 6.07) is 10.0. The Morgan fingerprint density at radius 2 is 2.00 bits per heavy atom. The predicted octanol–water partition coefficient (Wildman–Crippen LogP) is 2.83. The first kappa shape index (κ1) is 16.8. The van der Waals surface area contributed by atoms with Crippen LogP contribution in [0.2, 0.25) is 0 Å². The number of aliphatic hydroxyl groups is 1. The number of aliphatic hydroxyl groups excluding tert-OH is 1. The van der Waals surface area contributed by atoms with Gasteiger partial charge in [0, 0.05) is 18.0 Å². The van der Waals surface area contributed by atoms with Crippen LogP contribution in [0, 0.1) is 0 Å². The van der Waals surface area contributed by atoms with Crippen LogP contribution in [-0.2, 0) is 6.61 Å². The number of hydrogen-bond donors (Lipinski definition) is 2. The summed E-state index contributed by atoms with van der Waals surface area (Å²) in [7, 11) is 0. The zero-order valence-corrected chi connectivity index (χ0v) is 12.6. The molecule has 130 valence electrons. The number of nitrogens with one attached hydrogen (secondary N) is 1. The van der Waals surface area contributed by atoms with Crippen LogP contribution in [0.3, 0.4) is 0 Å². The molecule has 0 atom stereocenters. The van der Waals surface area contributed by atoms with Gasteiger partial charge in [0.2, 0.25) is 0 Å². The van der Waals surface area contributed by atoms with Gasteiger partial charge in [0.25, 0.3) is 5.56 Å². The third kappa shape index (κ3) is 3.72. The number of pyridine rings is 1. The van der Waals surface area contributed by atoms with Crippen molar-refractivity contribution < 1.29 is 23.0 Å². The van der Waals surface area contributed by atoms with Gasteiger partial charge in [0.1, 0.15) is 17.2 Å². The molecule has 2 heterocycles. The summed E-state index contributed by atoms with van der Waals surface area (Å²) < 4.78 is 42.1. The van der Waals surface area contributed by atoms with Gasteiger partial charge < -0.3 is 15.2 Å². The van der Waals surface area contributed by atoms with Gasteiger partial charge in [-0.2, -0.15) is 0 Å². The minimum atomic E-state index is -4.81. The van der Waals surface area contributed by atoms with Crippen LogP contribution in [0.15, 0.2) is 53.5 Å². The molecule has 0 bridgehead atoms. The zero-order valence-electron chi connectivity index (χ0n) is 12.6. The summed E-state index contributed by atoms with van der Waals surface area (Å²) in [5, 5.41) is 12.2. The normalized spacial score (nSPS) is 11.5. The number of anilines is 2. The average Bonchev–Trinajstić information content (AvgIpc) is 2.54. The van der Waals surface area contributed by atoms with Crippen LogP contribution < -0.4 is 15.6 Å². The smallest absolute Gasteiger partial charge is 0.406 e. The standard InChI is InChI=1S/C16H12F3N3O3/c17-16(18,19)25-11-5-3-4-10(8-11)20-14-12(9-23)15(24)22-7-2-1-6-13(22)21-14/h1-8,20,23H,9H2. The van der Waals surface area contributed by atoms with Crippen LogP contribution in [0.25, 0.3) is 5.65 Å². The second kappa shape index (κ2) is 6.44. The Hall–Kier alpha value is -3.07. The molecule has 3 aromatic rings. The molecule has 25 heavy (non-hydrogen) atoms. The lowest BCUT2D eigenvalue weighted by atomic mass is 10.2. The molecule has 3 rings (SSSR count). The van der Waals surface area contributed by atoms with E-state index in [9.17, 15) is 23.1 Å². The molecule has 2 N–H and O–H groups in total. The fraction of sp³-hybridized carbons (Fsp3) is 0.125. The molecule has 0 saturated carbocycles. The molecule has 0 fully saturated rings. The van der Waals surface area contributed by atoms with Crippen molar-refractivity contribution in [3.63, 3.8) is 0 Å². The van der Waals surface area contributed by atoms with E-state index in [-0.39, 0.29) is 17.1 Å². The number of hydrogen-bond acceptors (Lipinski definition) is 5. The average molecular weight is 351 g/mol. The minimum absolute atomic E-state index is 0.00848. The molecule has 0 amide bonds. The lowest BCUT2D eigenvalue weighted by molar-refractivity contribution is -0.274. The largest absolute Gasteiger partial charge is 0.573 e. The van der Waals surface area contributed by atoms with E-state index in [1.165, 1.54) is 22.7 Å². The number of benzene rings is 1. The highest BCUT2D eigenvalue weighted by molar-refractivity contribution is 5.63. The Morgan fingerprint density at radius 1 is 1.20 bits per heavy atom. The van der Waals surface area contributed by atoms with E-state index in [0.29, 0.717) is 5.65 Å². The number of rotatable bonds is 4. The third-order valence-corrected chi connectivity index (χ3v) is 3.32. The molecule has 0 unspecified atom stereocenters. The van der Waals surface area contributed by atoms with Crippen LogP contribution in [-0.4, -0.2) is 20.9 Å². The molecule has 0 radical (unpaired) electrons. The lowest BCUT2D eigenvalue weighted by Crippen LogP contribution is -2.21. The summed E-state index contributed by atoms with van der Waals surface area (Å²) in [4.78, 5) is 16.6. The first-order valence-electron chi connectivity index (χ1n) is 7.11. The fourth-order valence-electron chi connectivity index (χ4n) is 2.28. The van der Waals surface area contributed by atoms with Crippen LogP contribution in [0.4, 0.5) is 24.7 Å². The highest BCUT2D eigenvalue weighted by Crippen LogP contribution is 2.26. The fourth-order valence-corrected chi connectivity index (χ4v) is 2.28. The van der Waals surface area contributed by atoms with Crippen molar-refractivity contribution in [1.29, 1.82) is 0 Å². The predicted molar refractivity (Wildman–Crippen MR) is 83.8 cm³/mol. The van der Waals surface area contributed by atoms with Crippen molar-refractivity contribution in [2.75, 3.05) is 5.32 Å². The maximum atomic E-state index is 12.4. The van der Waals surface area contributed by atoms with Crippen LogP contribution in [0.1, 0.15) is 5.56 Å². The number of nitrogens with zero attached hydrogens (tertiary/aromatic N) is 2. The molecule has 0 spiro atoms. The first-order chi connectivity index (χ1) is 11.9. The van der Waals surface area contributed by atoms with Gasteiger partial charge in [-0.1, -0.05) is 12.1 Å². The van der Waals surface area contributed by atoms with E-state index >= 15 is 0 Å². The molecule has 0 aliphatic carbocycles. The summed E-state index contributed by atoms with van der Waals surface area (Å²) in [5.41, 5.74) is 0.0719. The van der Waals surface area contributed by atoms with E-state index in [2.05, 4.69) is 15.0 Å². The Morgan fingerprint density at radius 3 is 2.72 bits per heavy atom. The quantitative estimate of drug-likeness (QED) is 0.756. The Labute approximate surface area is 139 Å². The number of ether oxygens (including phenoxy) is 1. The topological polar surface area (TPSA) is 75.9 Å². The summed E-state index contributed by atoms with van der Waals surface area (Å²) in [5.74, 6) is -0.358. The van der Waals surface area contributed by atoms with Crippen LogP contribution in [0.5, 0.6) is 5.75 Å². The highest BCUT2D eigenvalue weighted by Gasteiger charge is 2.31. The van der Waals surface area contributed by atoms with Crippen molar-refractivity contribution in [3.8, 4) is 5.75 Å². The maximum absolute atomic E-state index is 12.4. The molecule has 9 heteroatoms. The van der Waals surface area contributed by atoms with Crippen molar-refractivity contribution in [2.45, 2.75) is 13.0 Å². The molecule has 0 aliphatic heterocycles. The van der Waals surface area contributed by atoms with E-state index in [1.807, 2.05) is 0 Å². The number of aromatic nitrogens is 2. The van der Waals surface area contributed by atoms with Gasteiger partial charge >= 0.3 is 6.36 Å². The summed E-state index contributed by atoms with van der Waals surface area (Å²) in [6.45, 7) is -0.579. The molecule has 1 aromatic carbocycles. The lowest BCUT2D eigenvalue weighted by Gasteiger charge is -2.13. The van der Waals surface area contributed by atoms with Gasteiger partial charge in [0.15, 0.2) is 0 Å². The van der Waals surface area contributed by atoms with Gasteiger partial charge in [0.05, 0.1) is 12.2 Å². The van der Waals surface area contributed by atoms with E-state index in [1.54, 1.807) is 18.2 Å². The van der Waals surface area contributed by atoms with E-state index in [0.717, 1.165) is 12.1 Å². The Balaban J connectivity index is 2.01. The first-order valence-corrected chi connectivity index (χ1v) is 7.11. The van der Waals surface area contributed by atoms with Crippen molar-refractivity contribution >= 4 is 17.2 Å². The number of alkyl halides is 3. The van der Waals surface area contributed by atoms with Gasteiger partial charge in [-0.05, 0) is 24.3 Å². The van der Waals surface area contributed by atoms with Crippen molar-refractivity contribution in [2.24, 2.45) is 0 Å². The maximum Gasteiger partial charge on any atom is 0.573 e. The van der Waals surface area contributed by atoms with Gasteiger partial charge in [-0.25, -0.2) is 4.98 Å². The number of halogens is 3. The van der Waals surface area contributed by atoms with E-state index in [4.69, 9.17) is 0 Å². The molecule has 0 saturated heterocycles. The van der Waals surface area contributed by atoms with Crippen molar-refractivity contribution in [3.05, 3.63) is 64.6 Å². The minimum Gasteiger partial charge on any atom is -0.406 e. The monoisotopic (exact) mass is 351 g/mol. The zero-order chi connectivity index (χ0) is 18.0. The van der Waals surface area contributed by atoms with Crippen LogP contribution >= 0.6 is 0 Å². The van der Waals surface area contributed by atoms with Crippen molar-refractivity contribution in [1.82, 2.24) is 9.38 Å². The molecule has 2 aromatic heterocycles. The summed E-state index contributed by atoms with van der Waals surface area (Å²) in [6.07, 6.45) is -3.31. The Kier molecular flexibility index (Phi) is 4.32. The Bertz CT molecular complexity index is 970. The van der Waals surface area contributed by atoms with E-state index < -0.39 is 24.3 Å². The summed E-state index contributed by atoms with van der Waals surface area (Å²) >= 11 is 0. The second-order valence-corrected chi connectivity index (χ2v) is 5.03. The van der Waals surface area contributed by atoms with Gasteiger partial charge in [-0.3, -0.25) is 9.20 Å². The third-order valence-electron chi connectivity index (χ3n) is 3.32. The molecular formula is C16H12F3N3O3. The molecular weight excluding hydrogens is 339 g/mol. The van der Waals surface area contributed by atoms with Gasteiger partial charge in [-0.15, -0.1) is 13.2 Å². The SMILES string of the molecule is O=c1c(CO)c(Nc2cccc(OC(F)(F)F)c2)nc2ccccn12. The number of fused-ring (bicyclic) bond motifs is 1. The molecule has 0 aliphatic rings. The second-order valence-electron chi connectivity index (χ2n) is 5.03. The highest BCUT2D eigenvalue weighted by atomic mass is 19.4.